The molecule has 8 nitrogen and oxygen atoms in total. The summed E-state index contributed by atoms with van der Waals surface area (Å²) in [4.78, 5) is 13.5. The lowest BCUT2D eigenvalue weighted by molar-refractivity contribution is -0.719. The predicted octanol–water partition coefficient (Wildman–Crippen LogP) is 7.74. The second kappa shape index (κ2) is 12.6. The Balaban J connectivity index is 0.935. The number of aromatic amines is 1. The van der Waals surface area contributed by atoms with Crippen LogP contribution in [0.25, 0.3) is 21.8 Å². The number of nitrogens with one attached hydrogen (secondary N) is 1. The van der Waals surface area contributed by atoms with Gasteiger partial charge in [-0.25, -0.2) is 4.57 Å². The molecule has 2 aromatic carbocycles. The Labute approximate surface area is 324 Å². The van der Waals surface area contributed by atoms with Crippen molar-refractivity contribution in [3.05, 3.63) is 131 Å². The maximum absolute atomic E-state index is 12.0. The summed E-state index contributed by atoms with van der Waals surface area (Å²) in [5, 5.41) is 26.6. The second-order valence-corrected chi connectivity index (χ2v) is 18.4. The van der Waals surface area contributed by atoms with Gasteiger partial charge >= 0.3 is 0 Å². The van der Waals surface area contributed by atoms with E-state index in [4.69, 9.17) is 0 Å². The number of H-pyrrole nitrogens is 1. The summed E-state index contributed by atoms with van der Waals surface area (Å²) in [5.41, 5.74) is 9.59. The van der Waals surface area contributed by atoms with Gasteiger partial charge in [0, 0.05) is 113 Å². The molecule has 4 aliphatic heterocycles. The third-order valence-electron chi connectivity index (χ3n) is 14.2. The van der Waals surface area contributed by atoms with Crippen LogP contribution in [0.2, 0.25) is 0 Å². The van der Waals surface area contributed by atoms with Crippen LogP contribution in [0, 0.1) is 6.92 Å². The molecule has 10 rings (SSSR count). The van der Waals surface area contributed by atoms with Crippen molar-refractivity contribution in [3.8, 4) is 0 Å². The number of aryl methyl sites for hydroxylation is 2. The summed E-state index contributed by atoms with van der Waals surface area (Å²) in [6.07, 6.45) is 12.1. The first-order valence-electron chi connectivity index (χ1n) is 20.4. The van der Waals surface area contributed by atoms with Crippen LogP contribution in [-0.4, -0.2) is 60.7 Å². The molecule has 4 aliphatic rings. The van der Waals surface area contributed by atoms with Gasteiger partial charge in [0.25, 0.3) is 0 Å². The van der Waals surface area contributed by atoms with E-state index in [1.54, 1.807) is 12.4 Å². The molecule has 0 radical (unpaired) electrons. The van der Waals surface area contributed by atoms with Gasteiger partial charge in [0.2, 0.25) is 0 Å². The summed E-state index contributed by atoms with van der Waals surface area (Å²) < 4.78 is 4.79. The molecule has 0 bridgehead atoms. The van der Waals surface area contributed by atoms with Crippen LogP contribution >= 0.6 is 0 Å². The molecule has 6 aromatic rings. The first-order valence-corrected chi connectivity index (χ1v) is 20.4. The SMILES string of the molecule is Cc1ccc2c(c1)c1c(n2C)C(C)(CC(C)(O)c2cccnc2)CN2CC([n+]3ccc(C(O)CC4(C)CN5CCCC5c5c4[nH]c4ccccc54)cc3)CC12. The van der Waals surface area contributed by atoms with E-state index in [0.29, 0.717) is 24.9 Å². The molecule has 7 atom stereocenters. The predicted molar refractivity (Wildman–Crippen MR) is 217 cm³/mol. The Morgan fingerprint density at radius 1 is 0.964 bits per heavy atom. The highest BCUT2D eigenvalue weighted by atomic mass is 16.3. The number of para-hydroxylation sites is 1. The zero-order chi connectivity index (χ0) is 37.9. The highest BCUT2D eigenvalue weighted by Crippen LogP contribution is 2.54. The van der Waals surface area contributed by atoms with Gasteiger partial charge in [0.1, 0.15) is 0 Å². The number of nitrogens with zero attached hydrogens (tertiary/aromatic N) is 5. The van der Waals surface area contributed by atoms with Crippen LogP contribution in [0.3, 0.4) is 0 Å². The van der Waals surface area contributed by atoms with Gasteiger partial charge < -0.3 is 19.8 Å². The smallest absolute Gasteiger partial charge is 0.172 e. The third kappa shape index (κ3) is 5.54. The number of fused-ring (bicyclic) bond motifs is 10. The summed E-state index contributed by atoms with van der Waals surface area (Å²) >= 11 is 0. The molecule has 8 heterocycles. The zero-order valence-electron chi connectivity index (χ0n) is 33.0. The summed E-state index contributed by atoms with van der Waals surface area (Å²) in [6, 6.07) is 24.9. The molecule has 2 saturated heterocycles. The molecule has 0 saturated carbocycles. The van der Waals surface area contributed by atoms with E-state index < -0.39 is 11.7 Å². The van der Waals surface area contributed by atoms with Crippen molar-refractivity contribution in [2.75, 3.05) is 26.2 Å². The van der Waals surface area contributed by atoms with E-state index >= 15 is 0 Å². The van der Waals surface area contributed by atoms with E-state index in [1.165, 1.54) is 62.7 Å². The Hall–Kier alpha value is -4.34. The highest BCUT2D eigenvalue weighted by Gasteiger charge is 2.52. The molecular weight excluding hydrogens is 681 g/mol. The molecule has 4 aromatic heterocycles. The van der Waals surface area contributed by atoms with Crippen molar-refractivity contribution < 1.29 is 14.8 Å². The van der Waals surface area contributed by atoms with E-state index in [9.17, 15) is 10.2 Å². The van der Waals surface area contributed by atoms with Crippen molar-refractivity contribution in [2.24, 2.45) is 7.05 Å². The molecule has 7 unspecified atom stereocenters. The molecule has 0 aliphatic carbocycles. The average Bonchev–Trinajstić information content (AvgIpc) is 3.95. The lowest BCUT2D eigenvalue weighted by Gasteiger charge is -2.45. The van der Waals surface area contributed by atoms with Crippen LogP contribution in [-0.2, 0) is 23.5 Å². The summed E-state index contributed by atoms with van der Waals surface area (Å²) in [5.74, 6) is 0. The van der Waals surface area contributed by atoms with E-state index in [1.807, 2.05) is 19.1 Å². The van der Waals surface area contributed by atoms with Gasteiger partial charge in [0.05, 0.1) is 18.2 Å². The van der Waals surface area contributed by atoms with E-state index in [2.05, 4.69) is 124 Å². The van der Waals surface area contributed by atoms with Gasteiger partial charge in [0.15, 0.2) is 18.4 Å². The topological polar surface area (TPSA) is 84.4 Å². The number of pyridine rings is 2. The Morgan fingerprint density at radius 3 is 2.56 bits per heavy atom. The van der Waals surface area contributed by atoms with E-state index in [-0.39, 0.29) is 16.9 Å². The maximum atomic E-state index is 12.0. The second-order valence-electron chi connectivity index (χ2n) is 18.4. The van der Waals surface area contributed by atoms with Crippen LogP contribution in [0.1, 0.15) is 116 Å². The largest absolute Gasteiger partial charge is 0.388 e. The fourth-order valence-corrected chi connectivity index (χ4v) is 11.9. The van der Waals surface area contributed by atoms with Gasteiger partial charge in [-0.15, -0.1) is 0 Å². The van der Waals surface area contributed by atoms with Crippen LogP contribution < -0.4 is 4.57 Å². The highest BCUT2D eigenvalue weighted by molar-refractivity contribution is 5.88. The molecule has 0 spiro atoms. The van der Waals surface area contributed by atoms with Crippen molar-refractivity contribution >= 4 is 21.8 Å². The first-order chi connectivity index (χ1) is 26.4. The van der Waals surface area contributed by atoms with Crippen LogP contribution in [0.4, 0.5) is 0 Å². The molecule has 8 heteroatoms. The average molecular weight is 736 g/mol. The maximum Gasteiger partial charge on any atom is 0.172 e. The lowest BCUT2D eigenvalue weighted by Crippen LogP contribution is -2.49. The minimum atomic E-state index is -1.04. The van der Waals surface area contributed by atoms with Gasteiger partial charge in [-0.3, -0.25) is 14.8 Å². The Morgan fingerprint density at radius 2 is 1.76 bits per heavy atom. The standard InChI is InChI=1S/C47H55N6O2/c1-30-14-15-37-35(22-30)42-39-23-33(26-53(39)29-46(3,44(42)50(37)5)27-47(4,55)32-10-8-18-48-25-32)51-20-16-31(17-21-51)40(54)24-45(2)28-52-19-9-13-38(52)41-34-11-6-7-12-36(34)49-43(41)45/h6-8,10-12,14-18,20-22,25,33,38-40,49,54-55H,9,13,19,23-24,26-29H2,1-5H3/q+1. The lowest BCUT2D eigenvalue weighted by atomic mass is 9.70. The summed E-state index contributed by atoms with van der Waals surface area (Å²) in [6.45, 7) is 12.7. The minimum Gasteiger partial charge on any atom is -0.388 e. The number of rotatable bonds is 7. The monoisotopic (exact) mass is 735 g/mol. The molecule has 2 fully saturated rings. The van der Waals surface area contributed by atoms with Crippen molar-refractivity contribution in [2.45, 2.75) is 100 Å². The van der Waals surface area contributed by atoms with Crippen molar-refractivity contribution in [1.82, 2.24) is 24.3 Å². The van der Waals surface area contributed by atoms with Gasteiger partial charge in [-0.1, -0.05) is 49.7 Å². The fraction of sp³-hybridized carbons (Fsp3) is 0.447. The molecule has 0 amide bonds. The number of aliphatic hydroxyl groups excluding tert-OH is 1. The number of aromatic nitrogens is 4. The number of benzene rings is 2. The number of hydrogen-bond donors (Lipinski definition) is 3. The van der Waals surface area contributed by atoms with Gasteiger partial charge in [-0.2, -0.15) is 0 Å². The molecule has 3 N–H and O–H groups in total. The van der Waals surface area contributed by atoms with E-state index in [0.717, 1.165) is 43.7 Å². The van der Waals surface area contributed by atoms with Crippen molar-refractivity contribution in [1.29, 1.82) is 0 Å². The molecule has 55 heavy (non-hydrogen) atoms. The molecule has 284 valence electrons. The number of aliphatic hydroxyl groups is 2. The fourth-order valence-electron chi connectivity index (χ4n) is 11.9. The number of hydrogen-bond acceptors (Lipinski definition) is 5. The van der Waals surface area contributed by atoms with Crippen LogP contribution in [0.15, 0.2) is 91.5 Å². The zero-order valence-corrected chi connectivity index (χ0v) is 33.0. The minimum absolute atomic E-state index is 0.183. The quantitative estimate of drug-likeness (QED) is 0.146. The molecular formula is C47H55N6O2+. The van der Waals surface area contributed by atoms with Gasteiger partial charge in [-0.05, 0) is 87.0 Å². The normalized spacial score (nSPS) is 28.2. The summed E-state index contributed by atoms with van der Waals surface area (Å²) in [7, 11) is 2.21. The first kappa shape index (κ1) is 35.1. The Bertz CT molecular complexity index is 2420. The van der Waals surface area contributed by atoms with Crippen LogP contribution in [0.5, 0.6) is 0 Å². The third-order valence-corrected chi connectivity index (χ3v) is 14.2. The Kier molecular flexibility index (Phi) is 8.03. The van der Waals surface area contributed by atoms with Crippen molar-refractivity contribution in [3.63, 3.8) is 0 Å².